The second-order valence-electron chi connectivity index (χ2n) is 10.7. The molecule has 3 nitrogen and oxygen atoms in total. The van der Waals surface area contributed by atoms with E-state index in [0.717, 1.165) is 22.2 Å². The van der Waals surface area contributed by atoms with Crippen LogP contribution in [0.25, 0.3) is 44.5 Å². The largest absolute Gasteiger partial charge is 0.500 e. The number of hydrogen-bond donors (Lipinski definition) is 0. The maximum absolute atomic E-state index is 14.4. The number of nitrogens with zero attached hydrogens (tertiary/aromatic N) is 2. The third kappa shape index (κ3) is 6.31. The van der Waals surface area contributed by atoms with Crippen molar-refractivity contribution >= 4 is 35.2 Å². The van der Waals surface area contributed by atoms with E-state index < -0.39 is 14.0 Å². The zero-order chi connectivity index (χ0) is 28.5. The van der Waals surface area contributed by atoms with Crippen LogP contribution < -0.4 is 5.19 Å². The van der Waals surface area contributed by atoms with Gasteiger partial charge in [0.25, 0.3) is 0 Å². The van der Waals surface area contributed by atoms with Crippen molar-refractivity contribution in [1.82, 2.24) is 9.97 Å². The molecule has 205 valence electrons. The van der Waals surface area contributed by atoms with E-state index in [-0.39, 0.29) is 25.9 Å². The SMILES string of the molecule is C[Si](C)(C)c1ccc(-c2[c-]cccc2)nc1.[2H]C(C)(C)c1ccnc(-c2[c-]cc(F)c3c2oc2ccccc23)c1.[Ir]. The third-order valence-corrected chi connectivity index (χ3v) is 8.64. The van der Waals surface area contributed by atoms with Gasteiger partial charge >= 0.3 is 0 Å². The van der Waals surface area contributed by atoms with Crippen LogP contribution in [-0.2, 0) is 20.1 Å². The molecule has 6 heteroatoms. The Morgan fingerprint density at radius 1 is 0.925 bits per heavy atom. The molecule has 0 amide bonds. The molecule has 6 aromatic rings. The van der Waals surface area contributed by atoms with Gasteiger partial charge in [-0.05, 0) is 40.0 Å². The molecule has 0 aliphatic carbocycles. The van der Waals surface area contributed by atoms with Gasteiger partial charge in [0.15, 0.2) is 0 Å². The third-order valence-electron chi connectivity index (χ3n) is 6.61. The van der Waals surface area contributed by atoms with E-state index in [1.807, 2.05) is 80.7 Å². The van der Waals surface area contributed by atoms with Crippen LogP contribution in [0.5, 0.6) is 0 Å². The molecule has 0 unspecified atom stereocenters. The fraction of sp³-hybridized carbons (Fsp3) is 0.176. The average molecular weight is 724 g/mol. The fourth-order valence-electron chi connectivity index (χ4n) is 4.35. The number of pyridine rings is 2. The number of furan rings is 1. The predicted molar refractivity (Wildman–Crippen MR) is 161 cm³/mol. The average Bonchev–Trinajstić information content (AvgIpc) is 3.34. The second-order valence-corrected chi connectivity index (χ2v) is 15.8. The number of para-hydroxylation sites is 1. The van der Waals surface area contributed by atoms with Gasteiger partial charge in [0.05, 0.1) is 13.7 Å². The van der Waals surface area contributed by atoms with E-state index >= 15 is 0 Å². The Labute approximate surface area is 251 Å². The first-order chi connectivity index (χ1) is 19.0. The van der Waals surface area contributed by atoms with Gasteiger partial charge in [0.1, 0.15) is 5.58 Å². The fourth-order valence-corrected chi connectivity index (χ4v) is 5.39. The minimum absolute atomic E-state index is 0. The van der Waals surface area contributed by atoms with Gasteiger partial charge in [-0.3, -0.25) is 4.39 Å². The minimum atomic E-state index is -1.23. The number of halogens is 1. The number of aromatic nitrogens is 2. The summed E-state index contributed by atoms with van der Waals surface area (Å²) >= 11 is 0. The Balaban J connectivity index is 0.000000200. The van der Waals surface area contributed by atoms with E-state index in [4.69, 9.17) is 5.79 Å². The summed E-state index contributed by atoms with van der Waals surface area (Å²) in [4.78, 5) is 8.89. The molecule has 0 aliphatic rings. The maximum Gasteiger partial charge on any atom is 0.121 e. The molecular weight excluding hydrogens is 692 g/mol. The molecule has 40 heavy (non-hydrogen) atoms. The Kier molecular flexibility index (Phi) is 8.70. The first kappa shape index (κ1) is 28.1. The van der Waals surface area contributed by atoms with E-state index in [1.54, 1.807) is 6.20 Å². The summed E-state index contributed by atoms with van der Waals surface area (Å²) in [7, 11) is -1.23. The van der Waals surface area contributed by atoms with Crippen molar-refractivity contribution in [2.45, 2.75) is 39.4 Å². The van der Waals surface area contributed by atoms with Crippen molar-refractivity contribution in [3.05, 3.63) is 115 Å². The van der Waals surface area contributed by atoms with Crippen molar-refractivity contribution in [3.63, 3.8) is 0 Å². The van der Waals surface area contributed by atoms with E-state index in [9.17, 15) is 4.39 Å². The van der Waals surface area contributed by atoms with Gasteiger partial charge < -0.3 is 14.4 Å². The van der Waals surface area contributed by atoms with Crippen molar-refractivity contribution < 1.29 is 30.3 Å². The molecule has 0 bridgehead atoms. The van der Waals surface area contributed by atoms with Crippen molar-refractivity contribution in [2.75, 3.05) is 0 Å². The van der Waals surface area contributed by atoms with Crippen molar-refractivity contribution in [1.29, 1.82) is 0 Å². The molecule has 3 heterocycles. The van der Waals surface area contributed by atoms with Gasteiger partial charge in [0.2, 0.25) is 0 Å². The molecule has 3 aromatic carbocycles. The van der Waals surface area contributed by atoms with Crippen LogP contribution in [-0.4, -0.2) is 18.0 Å². The summed E-state index contributed by atoms with van der Waals surface area (Å²) < 4.78 is 28.5. The van der Waals surface area contributed by atoms with Crippen LogP contribution in [0.4, 0.5) is 4.39 Å². The molecular formula is C34H31FIrN2OSi-2. The monoisotopic (exact) mass is 724 g/mol. The molecule has 0 N–H and O–H groups in total. The molecule has 0 fully saturated rings. The summed E-state index contributed by atoms with van der Waals surface area (Å²) in [6.45, 7) is 10.6. The summed E-state index contributed by atoms with van der Waals surface area (Å²) in [6, 6.07) is 30.7. The summed E-state index contributed by atoms with van der Waals surface area (Å²) in [5.41, 5.74) is 5.18. The van der Waals surface area contributed by atoms with Crippen LogP contribution in [0, 0.1) is 17.9 Å². The molecule has 0 saturated heterocycles. The normalized spacial score (nSPS) is 11.9. The van der Waals surface area contributed by atoms with Crippen LogP contribution in [0.3, 0.4) is 0 Å². The number of fused-ring (bicyclic) bond motifs is 3. The molecule has 0 saturated carbocycles. The first-order valence-electron chi connectivity index (χ1n) is 13.4. The molecule has 0 aliphatic heterocycles. The summed E-state index contributed by atoms with van der Waals surface area (Å²) in [6.07, 6.45) is 3.68. The predicted octanol–water partition coefficient (Wildman–Crippen LogP) is 8.80. The van der Waals surface area contributed by atoms with Gasteiger partial charge in [-0.1, -0.05) is 81.0 Å². The van der Waals surface area contributed by atoms with Crippen LogP contribution in [0.2, 0.25) is 19.6 Å². The summed E-state index contributed by atoms with van der Waals surface area (Å²) in [5.74, 6) is -1.11. The van der Waals surface area contributed by atoms with Crippen molar-refractivity contribution in [2.24, 2.45) is 0 Å². The molecule has 6 rings (SSSR count). The Morgan fingerprint density at radius 3 is 2.38 bits per heavy atom. The Bertz CT molecular complexity index is 1780. The quantitative estimate of drug-likeness (QED) is 0.135. The number of benzene rings is 3. The Morgan fingerprint density at radius 2 is 1.70 bits per heavy atom. The summed E-state index contributed by atoms with van der Waals surface area (Å²) in [5, 5.41) is 2.57. The molecule has 1 radical (unpaired) electrons. The van der Waals surface area contributed by atoms with Crippen LogP contribution in [0.15, 0.2) is 95.7 Å². The Hall–Kier alpha value is -3.44. The second kappa shape index (κ2) is 12.4. The van der Waals surface area contributed by atoms with Crippen LogP contribution in [0.1, 0.15) is 26.7 Å². The standard InChI is InChI=1S/C20H15FNO.C14H16NSi.Ir/c1-12(2)13-9-10-22-17(11-13)14-7-8-16(21)19-15-5-3-4-6-18(15)23-20(14)19;1-16(2,3)13-9-10-14(15-11-13)12-7-5-4-6-8-12;/h3-6,8-12H,1-2H3;4-7,9-11H,1-3H3;/q2*-1;/i12D;;. The van der Waals surface area contributed by atoms with Gasteiger partial charge in [-0.2, -0.15) is 0 Å². The zero-order valence-electron chi connectivity index (χ0n) is 24.2. The van der Waals surface area contributed by atoms with Gasteiger partial charge in [-0.15, -0.1) is 48.0 Å². The minimum Gasteiger partial charge on any atom is -0.500 e. The van der Waals surface area contributed by atoms with E-state index in [2.05, 4.69) is 53.9 Å². The van der Waals surface area contributed by atoms with Gasteiger partial charge in [-0.25, -0.2) is 0 Å². The smallest absolute Gasteiger partial charge is 0.121 e. The zero-order valence-corrected chi connectivity index (χ0v) is 26.6. The molecule has 0 atom stereocenters. The van der Waals surface area contributed by atoms with Gasteiger partial charge in [0, 0.05) is 45.1 Å². The van der Waals surface area contributed by atoms with Crippen LogP contribution >= 0.6 is 0 Å². The topological polar surface area (TPSA) is 38.9 Å². The maximum atomic E-state index is 14.4. The van der Waals surface area contributed by atoms with E-state index in [0.29, 0.717) is 27.8 Å². The van der Waals surface area contributed by atoms with E-state index in [1.165, 1.54) is 11.3 Å². The number of rotatable bonds is 4. The molecule has 3 aromatic heterocycles. The number of hydrogen-bond acceptors (Lipinski definition) is 3. The molecule has 0 spiro atoms. The first-order valence-corrected chi connectivity index (χ1v) is 16.4. The van der Waals surface area contributed by atoms with Crippen molar-refractivity contribution in [3.8, 4) is 22.5 Å².